The summed E-state index contributed by atoms with van der Waals surface area (Å²) in [4.78, 5) is 4.40. The number of aryl methyl sites for hydroxylation is 1. The van der Waals surface area contributed by atoms with E-state index in [9.17, 15) is 0 Å². The fraction of sp³-hybridized carbons (Fsp3) is 0.769. The zero-order valence-electron chi connectivity index (χ0n) is 11.2. The molecule has 0 amide bonds. The van der Waals surface area contributed by atoms with E-state index in [0.717, 1.165) is 18.9 Å². The second kappa shape index (κ2) is 6.04. The molecule has 16 heavy (non-hydrogen) atoms. The van der Waals surface area contributed by atoms with Gasteiger partial charge >= 0.3 is 0 Å². The summed E-state index contributed by atoms with van der Waals surface area (Å²) < 4.78 is 2.34. The van der Waals surface area contributed by atoms with Crippen LogP contribution >= 0.6 is 0 Å². The molecule has 0 radical (unpaired) electrons. The second-order valence-electron chi connectivity index (χ2n) is 4.96. The van der Waals surface area contributed by atoms with E-state index in [4.69, 9.17) is 0 Å². The number of rotatable bonds is 6. The molecular weight excluding hydrogens is 198 g/mol. The van der Waals surface area contributed by atoms with Crippen LogP contribution in [0.2, 0.25) is 0 Å². The van der Waals surface area contributed by atoms with Gasteiger partial charge in [-0.2, -0.15) is 0 Å². The van der Waals surface area contributed by atoms with E-state index in [1.807, 2.05) is 6.20 Å². The topological polar surface area (TPSA) is 29.9 Å². The van der Waals surface area contributed by atoms with E-state index in [0.29, 0.717) is 12.0 Å². The predicted molar refractivity (Wildman–Crippen MR) is 68.4 cm³/mol. The maximum absolute atomic E-state index is 4.40. The SMILES string of the molecule is CCC(C)Cn1c(CNC(C)C)cnc1C. The van der Waals surface area contributed by atoms with Crippen molar-refractivity contribution in [1.82, 2.24) is 14.9 Å². The summed E-state index contributed by atoms with van der Waals surface area (Å²) in [6, 6.07) is 0.521. The molecule has 1 aromatic heterocycles. The van der Waals surface area contributed by atoms with Crippen molar-refractivity contribution in [3.8, 4) is 0 Å². The van der Waals surface area contributed by atoms with Crippen LogP contribution in [0.3, 0.4) is 0 Å². The number of aromatic nitrogens is 2. The van der Waals surface area contributed by atoms with Crippen molar-refractivity contribution in [1.29, 1.82) is 0 Å². The van der Waals surface area contributed by atoms with Crippen molar-refractivity contribution in [2.45, 2.75) is 60.2 Å². The molecule has 1 rings (SSSR count). The third kappa shape index (κ3) is 3.63. The van der Waals surface area contributed by atoms with Crippen molar-refractivity contribution in [2.24, 2.45) is 5.92 Å². The Kier molecular flexibility index (Phi) is 5.00. The highest BCUT2D eigenvalue weighted by molar-refractivity contribution is 5.04. The highest BCUT2D eigenvalue weighted by Crippen LogP contribution is 2.11. The molecule has 0 aliphatic carbocycles. The molecule has 92 valence electrons. The molecule has 1 N–H and O–H groups in total. The first-order valence-corrected chi connectivity index (χ1v) is 6.29. The smallest absolute Gasteiger partial charge is 0.105 e. The normalized spacial score (nSPS) is 13.4. The number of nitrogens with one attached hydrogen (secondary N) is 1. The van der Waals surface area contributed by atoms with E-state index in [-0.39, 0.29) is 0 Å². The third-order valence-electron chi connectivity index (χ3n) is 3.02. The monoisotopic (exact) mass is 223 g/mol. The molecule has 0 bridgehead atoms. The van der Waals surface area contributed by atoms with Crippen LogP contribution in [-0.2, 0) is 13.1 Å². The molecule has 0 saturated carbocycles. The summed E-state index contributed by atoms with van der Waals surface area (Å²) in [5, 5.41) is 3.45. The number of hydrogen-bond acceptors (Lipinski definition) is 2. The lowest BCUT2D eigenvalue weighted by atomic mass is 10.1. The molecule has 0 aliphatic rings. The second-order valence-corrected chi connectivity index (χ2v) is 4.96. The van der Waals surface area contributed by atoms with Gasteiger partial charge in [0.2, 0.25) is 0 Å². The van der Waals surface area contributed by atoms with Crippen molar-refractivity contribution in [2.75, 3.05) is 0 Å². The molecule has 1 heterocycles. The summed E-state index contributed by atoms with van der Waals surface area (Å²) in [6.07, 6.45) is 3.21. The Bertz CT molecular complexity index is 315. The van der Waals surface area contributed by atoms with E-state index in [1.54, 1.807) is 0 Å². The van der Waals surface area contributed by atoms with Crippen LogP contribution < -0.4 is 5.32 Å². The van der Waals surface area contributed by atoms with Crippen molar-refractivity contribution in [3.63, 3.8) is 0 Å². The molecular formula is C13H25N3. The molecule has 1 aromatic rings. The third-order valence-corrected chi connectivity index (χ3v) is 3.02. The first kappa shape index (κ1) is 13.2. The minimum Gasteiger partial charge on any atom is -0.331 e. The van der Waals surface area contributed by atoms with Gasteiger partial charge in [-0.25, -0.2) is 4.98 Å². The highest BCUT2D eigenvalue weighted by Gasteiger charge is 2.09. The van der Waals surface area contributed by atoms with Crippen molar-refractivity contribution < 1.29 is 0 Å². The van der Waals surface area contributed by atoms with Crippen LogP contribution in [0.4, 0.5) is 0 Å². The highest BCUT2D eigenvalue weighted by atomic mass is 15.1. The number of nitrogens with zero attached hydrogens (tertiary/aromatic N) is 2. The first-order chi connectivity index (χ1) is 7.54. The average Bonchev–Trinajstić information content (AvgIpc) is 2.57. The van der Waals surface area contributed by atoms with Crippen LogP contribution in [0.25, 0.3) is 0 Å². The van der Waals surface area contributed by atoms with Gasteiger partial charge in [-0.05, 0) is 12.8 Å². The fourth-order valence-electron chi connectivity index (χ4n) is 1.66. The van der Waals surface area contributed by atoms with E-state index < -0.39 is 0 Å². The standard InChI is InChI=1S/C13H25N3/c1-6-11(4)9-16-12(5)15-8-13(16)7-14-10(2)3/h8,10-11,14H,6-7,9H2,1-5H3. The molecule has 1 atom stereocenters. The Morgan fingerprint density at radius 2 is 2.06 bits per heavy atom. The van der Waals surface area contributed by atoms with Gasteiger partial charge in [-0.15, -0.1) is 0 Å². The fourth-order valence-corrected chi connectivity index (χ4v) is 1.66. The van der Waals surface area contributed by atoms with Crippen LogP contribution in [-0.4, -0.2) is 15.6 Å². The maximum Gasteiger partial charge on any atom is 0.105 e. The Hall–Kier alpha value is -0.830. The molecule has 1 unspecified atom stereocenters. The summed E-state index contributed by atoms with van der Waals surface area (Å²) >= 11 is 0. The van der Waals surface area contributed by atoms with Gasteiger partial charge in [0.1, 0.15) is 5.82 Å². The van der Waals surface area contributed by atoms with Crippen LogP contribution in [0.15, 0.2) is 6.20 Å². The molecule has 3 nitrogen and oxygen atoms in total. The van der Waals surface area contributed by atoms with Gasteiger partial charge in [0.25, 0.3) is 0 Å². The van der Waals surface area contributed by atoms with Gasteiger partial charge in [0, 0.05) is 25.3 Å². The molecule has 0 spiro atoms. The van der Waals surface area contributed by atoms with Gasteiger partial charge in [0.15, 0.2) is 0 Å². The Balaban J connectivity index is 2.69. The van der Waals surface area contributed by atoms with Crippen molar-refractivity contribution >= 4 is 0 Å². The van der Waals surface area contributed by atoms with Gasteiger partial charge < -0.3 is 9.88 Å². The molecule has 0 fully saturated rings. The Morgan fingerprint density at radius 1 is 1.38 bits per heavy atom. The lowest BCUT2D eigenvalue weighted by Gasteiger charge is -2.16. The Labute approximate surface area is 99.3 Å². The minimum atomic E-state index is 0.521. The molecule has 0 aromatic carbocycles. The van der Waals surface area contributed by atoms with Gasteiger partial charge in [-0.1, -0.05) is 34.1 Å². The van der Waals surface area contributed by atoms with Gasteiger partial charge in [-0.3, -0.25) is 0 Å². The van der Waals surface area contributed by atoms with Crippen LogP contribution in [0.1, 0.15) is 45.6 Å². The summed E-state index contributed by atoms with van der Waals surface area (Å²) in [6.45, 7) is 12.9. The predicted octanol–water partition coefficient (Wildman–Crippen LogP) is 2.74. The Morgan fingerprint density at radius 3 is 2.62 bits per heavy atom. The minimum absolute atomic E-state index is 0.521. The summed E-state index contributed by atoms with van der Waals surface area (Å²) in [7, 11) is 0. The zero-order valence-corrected chi connectivity index (χ0v) is 11.2. The zero-order chi connectivity index (χ0) is 12.1. The first-order valence-electron chi connectivity index (χ1n) is 6.29. The van der Waals surface area contributed by atoms with Gasteiger partial charge in [0.05, 0.1) is 5.69 Å². The lowest BCUT2D eigenvalue weighted by Crippen LogP contribution is -2.24. The van der Waals surface area contributed by atoms with Crippen molar-refractivity contribution in [3.05, 3.63) is 17.7 Å². The quantitative estimate of drug-likeness (QED) is 0.803. The molecule has 3 heteroatoms. The van der Waals surface area contributed by atoms with E-state index in [1.165, 1.54) is 12.1 Å². The molecule has 0 saturated heterocycles. The largest absolute Gasteiger partial charge is 0.331 e. The maximum atomic E-state index is 4.40. The lowest BCUT2D eigenvalue weighted by molar-refractivity contribution is 0.444. The average molecular weight is 223 g/mol. The van der Waals surface area contributed by atoms with E-state index in [2.05, 4.69) is 49.5 Å². The number of hydrogen-bond donors (Lipinski definition) is 1. The summed E-state index contributed by atoms with van der Waals surface area (Å²) in [5.41, 5.74) is 1.30. The van der Waals surface area contributed by atoms with Crippen LogP contribution in [0, 0.1) is 12.8 Å². The van der Waals surface area contributed by atoms with E-state index >= 15 is 0 Å². The summed E-state index contributed by atoms with van der Waals surface area (Å²) in [5.74, 6) is 1.84. The molecule has 0 aliphatic heterocycles. The number of imidazole rings is 1. The van der Waals surface area contributed by atoms with Crippen LogP contribution in [0.5, 0.6) is 0 Å².